The number of amides is 2. The highest BCUT2D eigenvalue weighted by Gasteiger charge is 2.09. The lowest BCUT2D eigenvalue weighted by molar-refractivity contribution is -0.118. The van der Waals surface area contributed by atoms with Crippen molar-refractivity contribution in [3.63, 3.8) is 0 Å². The molecule has 8 heteroatoms. The monoisotopic (exact) mass is 449 g/mol. The topological polar surface area (TPSA) is 88.7 Å². The molecule has 0 heterocycles. The SMILES string of the molecule is CCOc1ccc(C(=O)NC(=S)Nc2cccc(NC(=O)COc3ccccc3)c2)cc1. The summed E-state index contributed by atoms with van der Waals surface area (Å²) >= 11 is 5.23. The molecule has 0 bridgehead atoms. The fraction of sp³-hybridized carbons (Fsp3) is 0.125. The van der Waals surface area contributed by atoms with Crippen LogP contribution in [0.5, 0.6) is 11.5 Å². The zero-order valence-corrected chi connectivity index (χ0v) is 18.3. The number of thiocarbonyl (C=S) groups is 1. The smallest absolute Gasteiger partial charge is 0.262 e. The van der Waals surface area contributed by atoms with Crippen LogP contribution in [0.15, 0.2) is 78.9 Å². The molecule has 3 aromatic rings. The third kappa shape index (κ3) is 7.10. The molecule has 0 unspecified atom stereocenters. The fourth-order valence-corrected chi connectivity index (χ4v) is 2.95. The number of ether oxygens (including phenoxy) is 2. The van der Waals surface area contributed by atoms with Gasteiger partial charge in [0.25, 0.3) is 11.8 Å². The molecule has 2 amide bonds. The van der Waals surface area contributed by atoms with Crippen molar-refractivity contribution >= 4 is 40.5 Å². The first kappa shape index (κ1) is 22.8. The van der Waals surface area contributed by atoms with Gasteiger partial charge in [0.15, 0.2) is 11.7 Å². The van der Waals surface area contributed by atoms with E-state index in [4.69, 9.17) is 21.7 Å². The van der Waals surface area contributed by atoms with Gasteiger partial charge in [-0.15, -0.1) is 0 Å². The maximum Gasteiger partial charge on any atom is 0.262 e. The van der Waals surface area contributed by atoms with E-state index < -0.39 is 0 Å². The van der Waals surface area contributed by atoms with Crippen LogP contribution in [0.1, 0.15) is 17.3 Å². The van der Waals surface area contributed by atoms with Gasteiger partial charge in [-0.2, -0.15) is 0 Å². The quantitative estimate of drug-likeness (QED) is 0.446. The van der Waals surface area contributed by atoms with E-state index in [2.05, 4.69) is 16.0 Å². The summed E-state index contributed by atoms with van der Waals surface area (Å²) in [6.45, 7) is 2.33. The zero-order chi connectivity index (χ0) is 22.8. The van der Waals surface area contributed by atoms with Crippen LogP contribution in [0.25, 0.3) is 0 Å². The number of carbonyl (C=O) groups is 2. The molecular weight excluding hydrogens is 426 g/mol. The van der Waals surface area contributed by atoms with Crippen molar-refractivity contribution in [3.05, 3.63) is 84.4 Å². The number of hydrogen-bond acceptors (Lipinski definition) is 5. The highest BCUT2D eigenvalue weighted by atomic mass is 32.1. The zero-order valence-electron chi connectivity index (χ0n) is 17.5. The van der Waals surface area contributed by atoms with Crippen molar-refractivity contribution in [1.29, 1.82) is 0 Å². The Hall–Kier alpha value is -3.91. The number of anilines is 2. The first-order valence-electron chi connectivity index (χ1n) is 9.96. The van der Waals surface area contributed by atoms with Gasteiger partial charge in [0.1, 0.15) is 11.5 Å². The summed E-state index contributed by atoms with van der Waals surface area (Å²) in [7, 11) is 0. The number of para-hydroxylation sites is 1. The van der Waals surface area contributed by atoms with Gasteiger partial charge in [-0.25, -0.2) is 0 Å². The van der Waals surface area contributed by atoms with Crippen LogP contribution < -0.4 is 25.4 Å². The standard InChI is InChI=1S/C24H23N3O4S/c1-2-30-21-13-11-17(12-14-21)23(29)27-24(32)26-19-8-6-7-18(15-19)25-22(28)16-31-20-9-4-3-5-10-20/h3-15H,2,16H2,1H3,(H,25,28)(H2,26,27,29,32). The molecule has 0 atom stereocenters. The highest BCUT2D eigenvalue weighted by molar-refractivity contribution is 7.80. The third-order valence-electron chi connectivity index (χ3n) is 4.17. The number of rotatable bonds is 8. The molecule has 7 nitrogen and oxygen atoms in total. The van der Waals surface area contributed by atoms with Crippen LogP contribution in [-0.4, -0.2) is 30.1 Å². The van der Waals surface area contributed by atoms with Gasteiger partial charge >= 0.3 is 0 Å². The Bertz CT molecular complexity index is 1070. The third-order valence-corrected chi connectivity index (χ3v) is 4.38. The lowest BCUT2D eigenvalue weighted by Gasteiger charge is -2.12. The van der Waals surface area contributed by atoms with E-state index in [0.717, 1.165) is 0 Å². The first-order valence-corrected chi connectivity index (χ1v) is 10.4. The Morgan fingerprint density at radius 3 is 2.16 bits per heavy atom. The highest BCUT2D eigenvalue weighted by Crippen LogP contribution is 2.16. The van der Waals surface area contributed by atoms with E-state index in [1.54, 1.807) is 60.7 Å². The Labute approximate surface area is 191 Å². The number of benzene rings is 3. The van der Waals surface area contributed by atoms with Crippen molar-refractivity contribution in [2.75, 3.05) is 23.8 Å². The van der Waals surface area contributed by atoms with Crippen LogP contribution in [-0.2, 0) is 4.79 Å². The van der Waals surface area contributed by atoms with E-state index in [1.165, 1.54) is 0 Å². The van der Waals surface area contributed by atoms with Crippen LogP contribution >= 0.6 is 12.2 Å². The Kier molecular flexibility index (Phi) is 8.16. The van der Waals surface area contributed by atoms with E-state index in [1.807, 2.05) is 25.1 Å². The van der Waals surface area contributed by atoms with Gasteiger partial charge in [0.05, 0.1) is 6.61 Å². The first-order chi connectivity index (χ1) is 15.5. The van der Waals surface area contributed by atoms with Crippen molar-refractivity contribution in [1.82, 2.24) is 5.32 Å². The van der Waals surface area contributed by atoms with Gasteiger partial charge in [0.2, 0.25) is 0 Å². The molecule has 164 valence electrons. The number of nitrogens with one attached hydrogen (secondary N) is 3. The van der Waals surface area contributed by atoms with Crippen molar-refractivity contribution in [3.8, 4) is 11.5 Å². The second-order valence-electron chi connectivity index (χ2n) is 6.60. The fourth-order valence-electron chi connectivity index (χ4n) is 2.74. The summed E-state index contributed by atoms with van der Waals surface area (Å²) in [4.78, 5) is 24.5. The van der Waals surface area contributed by atoms with Crippen LogP contribution in [0, 0.1) is 0 Å². The lowest BCUT2D eigenvalue weighted by Crippen LogP contribution is -2.34. The molecule has 0 aromatic heterocycles. The molecule has 0 radical (unpaired) electrons. The van der Waals surface area contributed by atoms with Crippen molar-refractivity contribution in [2.24, 2.45) is 0 Å². The second kappa shape index (κ2) is 11.5. The molecule has 0 spiro atoms. The second-order valence-corrected chi connectivity index (χ2v) is 7.00. The Balaban J connectivity index is 1.50. The molecule has 0 aliphatic heterocycles. The van der Waals surface area contributed by atoms with Gasteiger partial charge in [0, 0.05) is 16.9 Å². The van der Waals surface area contributed by atoms with Crippen molar-refractivity contribution < 1.29 is 19.1 Å². The van der Waals surface area contributed by atoms with Gasteiger partial charge in [-0.1, -0.05) is 24.3 Å². The molecule has 0 fully saturated rings. The minimum atomic E-state index is -0.340. The summed E-state index contributed by atoms with van der Waals surface area (Å²) < 4.78 is 10.8. The van der Waals surface area contributed by atoms with Crippen LogP contribution in [0.2, 0.25) is 0 Å². The number of hydrogen-bond donors (Lipinski definition) is 3. The van der Waals surface area contributed by atoms with Crippen molar-refractivity contribution in [2.45, 2.75) is 6.92 Å². The summed E-state index contributed by atoms with van der Waals surface area (Å²) in [5, 5.41) is 8.47. The minimum absolute atomic E-state index is 0.113. The largest absolute Gasteiger partial charge is 0.494 e. The average Bonchev–Trinajstić information content (AvgIpc) is 2.79. The molecule has 3 aromatic carbocycles. The molecule has 3 rings (SSSR count). The molecule has 3 N–H and O–H groups in total. The maximum absolute atomic E-state index is 12.4. The van der Waals surface area contributed by atoms with Crippen LogP contribution in [0.3, 0.4) is 0 Å². The van der Waals surface area contributed by atoms with E-state index in [0.29, 0.717) is 35.0 Å². The van der Waals surface area contributed by atoms with E-state index in [9.17, 15) is 9.59 Å². The van der Waals surface area contributed by atoms with Gasteiger partial charge in [-0.05, 0) is 73.7 Å². The van der Waals surface area contributed by atoms with Gasteiger partial charge < -0.3 is 20.1 Å². The summed E-state index contributed by atoms with van der Waals surface area (Å²) in [6, 6.07) is 22.8. The maximum atomic E-state index is 12.4. The molecule has 0 saturated carbocycles. The normalized spacial score (nSPS) is 10.0. The molecule has 32 heavy (non-hydrogen) atoms. The molecule has 0 aliphatic rings. The summed E-state index contributed by atoms with van der Waals surface area (Å²) in [6.07, 6.45) is 0. The van der Waals surface area contributed by atoms with E-state index >= 15 is 0 Å². The molecule has 0 saturated heterocycles. The summed E-state index contributed by atoms with van der Waals surface area (Å²) in [5.41, 5.74) is 1.64. The Morgan fingerprint density at radius 1 is 0.812 bits per heavy atom. The predicted molar refractivity (Wildman–Crippen MR) is 128 cm³/mol. The molecular formula is C24H23N3O4S. The van der Waals surface area contributed by atoms with Gasteiger partial charge in [-0.3, -0.25) is 14.9 Å². The molecule has 0 aliphatic carbocycles. The number of carbonyl (C=O) groups excluding carboxylic acids is 2. The predicted octanol–water partition coefficient (Wildman–Crippen LogP) is 4.23. The van der Waals surface area contributed by atoms with Crippen LogP contribution in [0.4, 0.5) is 11.4 Å². The van der Waals surface area contributed by atoms with E-state index in [-0.39, 0.29) is 23.5 Å². The average molecular weight is 450 g/mol. The lowest BCUT2D eigenvalue weighted by atomic mass is 10.2. The minimum Gasteiger partial charge on any atom is -0.494 e. The summed E-state index contributed by atoms with van der Waals surface area (Å²) in [5.74, 6) is 0.676. The Morgan fingerprint density at radius 2 is 1.47 bits per heavy atom.